The number of hydrogen-bond acceptors (Lipinski definition) is 5. The number of β-amino-alcohol motifs (C(OH)–C–C–N with tert-alkyl or cyclic N) is 1. The third kappa shape index (κ3) is 4.59. The molecule has 0 spiro atoms. The van der Waals surface area contributed by atoms with E-state index in [0.717, 1.165) is 44.2 Å². The van der Waals surface area contributed by atoms with E-state index in [4.69, 9.17) is 10.4 Å². The molecule has 2 rings (SSSR count). The van der Waals surface area contributed by atoms with Gasteiger partial charge in [-0.2, -0.15) is 5.26 Å². The molecular formula is C14H21N3OS. The zero-order valence-electron chi connectivity index (χ0n) is 11.1. The lowest BCUT2D eigenvalue weighted by Gasteiger charge is -2.31. The van der Waals surface area contributed by atoms with Crippen LogP contribution in [0.2, 0.25) is 0 Å². The van der Waals surface area contributed by atoms with Gasteiger partial charge in [0.05, 0.1) is 12.2 Å². The van der Waals surface area contributed by atoms with Crippen LogP contribution in [0.5, 0.6) is 0 Å². The molecule has 0 atom stereocenters. The second-order valence-electron chi connectivity index (χ2n) is 5.05. The molecule has 0 aliphatic carbocycles. The van der Waals surface area contributed by atoms with Gasteiger partial charge in [-0.05, 0) is 44.5 Å². The molecule has 1 fully saturated rings. The van der Waals surface area contributed by atoms with Crippen LogP contribution in [0.15, 0.2) is 11.4 Å². The largest absolute Gasteiger partial charge is 0.395 e. The van der Waals surface area contributed by atoms with Crippen molar-refractivity contribution in [1.29, 1.82) is 5.26 Å². The number of thiophene rings is 1. The lowest BCUT2D eigenvalue weighted by atomic mass is 9.97. The van der Waals surface area contributed by atoms with Crippen molar-refractivity contribution in [2.75, 3.05) is 32.8 Å². The lowest BCUT2D eigenvalue weighted by Crippen LogP contribution is -2.38. The molecule has 2 heterocycles. The first-order valence-corrected chi connectivity index (χ1v) is 7.71. The van der Waals surface area contributed by atoms with E-state index in [1.807, 2.05) is 11.4 Å². The van der Waals surface area contributed by atoms with Gasteiger partial charge >= 0.3 is 0 Å². The summed E-state index contributed by atoms with van der Waals surface area (Å²) in [6.07, 6.45) is 2.42. The molecule has 104 valence electrons. The minimum atomic E-state index is 0.266. The van der Waals surface area contributed by atoms with E-state index in [2.05, 4.69) is 16.3 Å². The molecule has 0 aromatic carbocycles. The maximum absolute atomic E-state index is 8.90. The van der Waals surface area contributed by atoms with Crippen LogP contribution in [0.1, 0.15) is 23.3 Å². The summed E-state index contributed by atoms with van der Waals surface area (Å²) in [5, 5.41) is 23.1. The Kier molecular flexibility index (Phi) is 5.80. The molecule has 1 saturated heterocycles. The third-order valence-corrected chi connectivity index (χ3v) is 4.58. The van der Waals surface area contributed by atoms with Crippen LogP contribution < -0.4 is 5.32 Å². The Labute approximate surface area is 118 Å². The van der Waals surface area contributed by atoms with E-state index in [1.54, 1.807) is 11.3 Å². The van der Waals surface area contributed by atoms with Crippen molar-refractivity contribution in [3.63, 3.8) is 0 Å². The highest BCUT2D eigenvalue weighted by Gasteiger charge is 2.18. The average molecular weight is 279 g/mol. The van der Waals surface area contributed by atoms with Gasteiger partial charge in [-0.3, -0.25) is 0 Å². The molecule has 0 unspecified atom stereocenters. The average Bonchev–Trinajstić information content (AvgIpc) is 2.89. The highest BCUT2D eigenvalue weighted by Crippen LogP contribution is 2.17. The number of nitrogens with zero attached hydrogens (tertiary/aromatic N) is 2. The van der Waals surface area contributed by atoms with E-state index in [9.17, 15) is 0 Å². The number of aliphatic hydroxyl groups excluding tert-OH is 1. The van der Waals surface area contributed by atoms with Crippen molar-refractivity contribution in [2.45, 2.75) is 19.4 Å². The van der Waals surface area contributed by atoms with Crippen LogP contribution in [-0.2, 0) is 6.54 Å². The Morgan fingerprint density at radius 2 is 2.26 bits per heavy atom. The van der Waals surface area contributed by atoms with Crippen LogP contribution in [0.25, 0.3) is 0 Å². The lowest BCUT2D eigenvalue weighted by molar-refractivity contribution is 0.146. The van der Waals surface area contributed by atoms with Gasteiger partial charge in [0.25, 0.3) is 0 Å². The zero-order valence-corrected chi connectivity index (χ0v) is 12.0. The molecule has 0 bridgehead atoms. The van der Waals surface area contributed by atoms with E-state index < -0.39 is 0 Å². The van der Waals surface area contributed by atoms with Crippen molar-refractivity contribution in [2.24, 2.45) is 5.92 Å². The Bertz CT molecular complexity index is 419. The van der Waals surface area contributed by atoms with Crippen molar-refractivity contribution in [3.8, 4) is 6.07 Å². The summed E-state index contributed by atoms with van der Waals surface area (Å²) in [5.74, 6) is 0.741. The van der Waals surface area contributed by atoms with Gasteiger partial charge < -0.3 is 15.3 Å². The predicted octanol–water partition coefficient (Wildman–Crippen LogP) is 1.41. The van der Waals surface area contributed by atoms with Crippen molar-refractivity contribution in [1.82, 2.24) is 10.2 Å². The fourth-order valence-corrected chi connectivity index (χ4v) is 3.27. The number of hydrogen-bond donors (Lipinski definition) is 2. The third-order valence-electron chi connectivity index (χ3n) is 3.64. The minimum absolute atomic E-state index is 0.266. The van der Waals surface area contributed by atoms with Gasteiger partial charge in [-0.15, -0.1) is 11.3 Å². The number of nitrogens with one attached hydrogen (secondary N) is 1. The fourth-order valence-electron chi connectivity index (χ4n) is 2.49. The van der Waals surface area contributed by atoms with Crippen LogP contribution in [0.3, 0.4) is 0 Å². The Hall–Kier alpha value is -0.930. The van der Waals surface area contributed by atoms with E-state index in [0.29, 0.717) is 0 Å². The first kappa shape index (κ1) is 14.5. The molecule has 0 amide bonds. The summed E-state index contributed by atoms with van der Waals surface area (Å²) < 4.78 is 0. The number of likely N-dealkylation sites (tertiary alicyclic amines) is 1. The Balaban J connectivity index is 1.63. The highest BCUT2D eigenvalue weighted by molar-refractivity contribution is 7.10. The van der Waals surface area contributed by atoms with Crippen LogP contribution in [-0.4, -0.2) is 42.8 Å². The molecule has 19 heavy (non-hydrogen) atoms. The SMILES string of the molecule is N#Cc1csc(CNCC2CCN(CCO)CC2)c1. The summed E-state index contributed by atoms with van der Waals surface area (Å²) in [4.78, 5) is 3.56. The smallest absolute Gasteiger partial charge is 0.100 e. The molecular weight excluding hydrogens is 258 g/mol. The number of nitriles is 1. The summed E-state index contributed by atoms with van der Waals surface area (Å²) in [6.45, 7) is 5.19. The summed E-state index contributed by atoms with van der Waals surface area (Å²) in [6, 6.07) is 4.12. The number of rotatable bonds is 6. The van der Waals surface area contributed by atoms with E-state index >= 15 is 0 Å². The number of piperidine rings is 1. The van der Waals surface area contributed by atoms with Gasteiger partial charge in [-0.1, -0.05) is 0 Å². The topological polar surface area (TPSA) is 59.3 Å². The van der Waals surface area contributed by atoms with Crippen LogP contribution >= 0.6 is 11.3 Å². The molecule has 1 aromatic heterocycles. The van der Waals surface area contributed by atoms with Gasteiger partial charge in [0.2, 0.25) is 0 Å². The second-order valence-corrected chi connectivity index (χ2v) is 6.05. The Morgan fingerprint density at radius 1 is 1.47 bits per heavy atom. The van der Waals surface area contributed by atoms with Crippen LogP contribution in [0.4, 0.5) is 0 Å². The van der Waals surface area contributed by atoms with Gasteiger partial charge in [0.1, 0.15) is 6.07 Å². The minimum Gasteiger partial charge on any atom is -0.395 e. The Morgan fingerprint density at radius 3 is 2.89 bits per heavy atom. The summed E-state index contributed by atoms with van der Waals surface area (Å²) in [5.41, 5.74) is 0.763. The summed E-state index contributed by atoms with van der Waals surface area (Å²) in [7, 11) is 0. The van der Waals surface area contributed by atoms with Crippen molar-refractivity contribution >= 4 is 11.3 Å². The standard InChI is InChI=1S/C14H21N3OS/c15-8-13-7-14(19-11-13)10-16-9-12-1-3-17(4-2-12)5-6-18/h7,11-12,16,18H,1-6,9-10H2. The summed E-state index contributed by atoms with van der Waals surface area (Å²) >= 11 is 1.65. The normalized spacial score (nSPS) is 17.5. The molecule has 1 aliphatic heterocycles. The molecule has 0 saturated carbocycles. The number of aliphatic hydroxyl groups is 1. The fraction of sp³-hybridized carbons (Fsp3) is 0.643. The molecule has 5 heteroatoms. The molecule has 1 aromatic rings. The van der Waals surface area contributed by atoms with Gasteiger partial charge in [-0.25, -0.2) is 0 Å². The first-order valence-electron chi connectivity index (χ1n) is 6.83. The molecule has 4 nitrogen and oxygen atoms in total. The van der Waals surface area contributed by atoms with E-state index in [-0.39, 0.29) is 6.61 Å². The molecule has 0 radical (unpaired) electrons. The van der Waals surface area contributed by atoms with Crippen LogP contribution in [0, 0.1) is 17.2 Å². The quantitative estimate of drug-likeness (QED) is 0.827. The zero-order chi connectivity index (χ0) is 13.5. The highest BCUT2D eigenvalue weighted by atomic mass is 32.1. The molecule has 2 N–H and O–H groups in total. The monoisotopic (exact) mass is 279 g/mol. The molecule has 1 aliphatic rings. The maximum atomic E-state index is 8.90. The second kappa shape index (κ2) is 7.61. The van der Waals surface area contributed by atoms with Crippen molar-refractivity contribution in [3.05, 3.63) is 21.9 Å². The van der Waals surface area contributed by atoms with Gasteiger partial charge in [0.15, 0.2) is 0 Å². The van der Waals surface area contributed by atoms with E-state index in [1.165, 1.54) is 17.7 Å². The first-order chi connectivity index (χ1) is 9.31. The predicted molar refractivity (Wildman–Crippen MR) is 77.0 cm³/mol. The van der Waals surface area contributed by atoms with Crippen molar-refractivity contribution < 1.29 is 5.11 Å². The van der Waals surface area contributed by atoms with Gasteiger partial charge in [0, 0.05) is 23.3 Å². The maximum Gasteiger partial charge on any atom is 0.100 e.